The van der Waals surface area contributed by atoms with Gasteiger partial charge in [-0.25, -0.2) is 5.43 Å². The lowest BCUT2D eigenvalue weighted by Gasteiger charge is -2.11. The van der Waals surface area contributed by atoms with Crippen LogP contribution < -0.4 is 20.6 Å². The summed E-state index contributed by atoms with van der Waals surface area (Å²) < 4.78 is 11.3. The van der Waals surface area contributed by atoms with Gasteiger partial charge in [-0.05, 0) is 47.9 Å². The first-order valence-electron chi connectivity index (χ1n) is 11.1. The number of amides is 1. The van der Waals surface area contributed by atoms with Gasteiger partial charge in [-0.1, -0.05) is 57.6 Å². The zero-order valence-electron chi connectivity index (χ0n) is 18.7. The normalized spacial score (nSPS) is 10.9. The van der Waals surface area contributed by atoms with E-state index in [1.807, 2.05) is 30.3 Å². The van der Waals surface area contributed by atoms with Gasteiger partial charge in [0.05, 0.1) is 26.4 Å². The largest absolute Gasteiger partial charge is 0.493 e. The fourth-order valence-corrected chi connectivity index (χ4v) is 3.16. The van der Waals surface area contributed by atoms with Crippen molar-refractivity contribution in [3.63, 3.8) is 0 Å². The molecule has 0 atom stereocenters. The molecule has 1 amide bonds. The molecule has 0 radical (unpaired) electrons. The molecule has 0 fully saturated rings. The summed E-state index contributed by atoms with van der Waals surface area (Å²) in [5.41, 5.74) is 10.6. The summed E-state index contributed by atoms with van der Waals surface area (Å²) in [4.78, 5) is 12.0. The minimum atomic E-state index is -0.192. The van der Waals surface area contributed by atoms with E-state index >= 15 is 0 Å². The van der Waals surface area contributed by atoms with Gasteiger partial charge in [0.1, 0.15) is 0 Å². The topological polar surface area (TPSA) is 85.9 Å². The second-order valence-electron chi connectivity index (χ2n) is 7.59. The number of hydrazone groups is 1. The molecule has 0 saturated carbocycles. The molecule has 0 aromatic heterocycles. The molecule has 3 N–H and O–H groups in total. The van der Waals surface area contributed by atoms with Crippen molar-refractivity contribution in [2.45, 2.75) is 58.3 Å². The number of nitrogens with one attached hydrogen (secondary N) is 1. The Hall–Kier alpha value is -3.02. The number of anilines is 1. The molecule has 0 saturated heterocycles. The number of nitrogens with zero attached hydrogens (tertiary/aromatic N) is 1. The number of hydrogen-bond donors (Lipinski definition) is 2. The number of rotatable bonds is 14. The van der Waals surface area contributed by atoms with Crippen molar-refractivity contribution in [2.75, 3.05) is 19.5 Å². The standard InChI is InChI=1S/C25H35N3O3/c1-3-4-5-6-7-8-9-16-31-23-15-12-21(17-24(23)30-2)19-27-28-25(29)18-20-10-13-22(26)14-11-20/h10-15,17,19H,3-9,16,18,26H2,1-2H3,(H,28,29)/b27-19-. The zero-order chi connectivity index (χ0) is 22.3. The van der Waals surface area contributed by atoms with Gasteiger partial charge in [-0.3, -0.25) is 4.79 Å². The molecular weight excluding hydrogens is 390 g/mol. The highest BCUT2D eigenvalue weighted by molar-refractivity contribution is 5.84. The molecule has 168 valence electrons. The maximum atomic E-state index is 12.0. The summed E-state index contributed by atoms with van der Waals surface area (Å²) >= 11 is 0. The van der Waals surface area contributed by atoms with Crippen molar-refractivity contribution in [3.05, 3.63) is 53.6 Å². The van der Waals surface area contributed by atoms with Gasteiger partial charge in [0.25, 0.3) is 0 Å². The minimum Gasteiger partial charge on any atom is -0.493 e. The van der Waals surface area contributed by atoms with Gasteiger partial charge < -0.3 is 15.2 Å². The van der Waals surface area contributed by atoms with E-state index in [2.05, 4.69) is 17.5 Å². The van der Waals surface area contributed by atoms with Crippen LogP contribution in [0.3, 0.4) is 0 Å². The maximum absolute atomic E-state index is 12.0. The smallest absolute Gasteiger partial charge is 0.244 e. The lowest BCUT2D eigenvalue weighted by molar-refractivity contribution is -0.120. The number of methoxy groups -OCH3 is 1. The summed E-state index contributed by atoms with van der Waals surface area (Å²) in [6.45, 7) is 2.91. The minimum absolute atomic E-state index is 0.192. The number of nitrogens with two attached hydrogens (primary N) is 1. The quantitative estimate of drug-likeness (QED) is 0.191. The molecule has 0 aliphatic heterocycles. The fraction of sp³-hybridized carbons (Fsp3) is 0.440. The van der Waals surface area contributed by atoms with Crippen molar-refractivity contribution in [3.8, 4) is 11.5 Å². The molecule has 6 nitrogen and oxygen atoms in total. The van der Waals surface area contributed by atoms with Crippen molar-refractivity contribution < 1.29 is 14.3 Å². The Morgan fingerprint density at radius 2 is 1.71 bits per heavy atom. The number of carbonyl (C=O) groups is 1. The molecule has 0 bridgehead atoms. The average Bonchev–Trinajstić information content (AvgIpc) is 2.77. The van der Waals surface area contributed by atoms with Crippen molar-refractivity contribution in [1.82, 2.24) is 5.43 Å². The van der Waals surface area contributed by atoms with E-state index in [9.17, 15) is 4.79 Å². The van der Waals surface area contributed by atoms with Crippen LogP contribution in [0, 0.1) is 0 Å². The number of ether oxygens (including phenoxy) is 2. The van der Waals surface area contributed by atoms with Crippen LogP contribution in [0.25, 0.3) is 0 Å². The predicted octanol–water partition coefficient (Wildman–Crippen LogP) is 5.10. The highest BCUT2D eigenvalue weighted by Gasteiger charge is 2.06. The molecule has 0 aliphatic rings. The van der Waals surface area contributed by atoms with Crippen LogP contribution in [0.5, 0.6) is 11.5 Å². The van der Waals surface area contributed by atoms with Crippen LogP contribution in [0.4, 0.5) is 5.69 Å². The van der Waals surface area contributed by atoms with Crippen LogP contribution in [0.1, 0.15) is 63.0 Å². The molecule has 0 unspecified atom stereocenters. The Kier molecular flexibility index (Phi) is 11.0. The third-order valence-corrected chi connectivity index (χ3v) is 4.94. The van der Waals surface area contributed by atoms with E-state index in [0.717, 1.165) is 23.3 Å². The zero-order valence-corrected chi connectivity index (χ0v) is 18.7. The first kappa shape index (κ1) is 24.3. The second kappa shape index (κ2) is 14.1. The first-order chi connectivity index (χ1) is 15.1. The number of nitrogen functional groups attached to an aromatic ring is 1. The molecule has 2 rings (SSSR count). The highest BCUT2D eigenvalue weighted by atomic mass is 16.5. The lowest BCUT2D eigenvalue weighted by atomic mass is 10.1. The average molecular weight is 426 g/mol. The molecule has 0 aliphatic carbocycles. The van der Waals surface area contributed by atoms with Crippen molar-refractivity contribution in [1.29, 1.82) is 0 Å². The van der Waals surface area contributed by atoms with Crippen LogP contribution >= 0.6 is 0 Å². The Labute approximate surface area is 185 Å². The summed E-state index contributed by atoms with van der Waals surface area (Å²) in [6.07, 6.45) is 10.6. The van der Waals surface area contributed by atoms with Crippen LogP contribution in [-0.2, 0) is 11.2 Å². The van der Waals surface area contributed by atoms with Crippen molar-refractivity contribution in [2.24, 2.45) is 5.10 Å². The fourth-order valence-electron chi connectivity index (χ4n) is 3.16. The van der Waals surface area contributed by atoms with E-state index in [1.165, 1.54) is 38.5 Å². The van der Waals surface area contributed by atoms with Gasteiger partial charge >= 0.3 is 0 Å². The van der Waals surface area contributed by atoms with Gasteiger partial charge in [0, 0.05) is 5.69 Å². The van der Waals surface area contributed by atoms with Crippen LogP contribution in [-0.4, -0.2) is 25.8 Å². The molecule has 31 heavy (non-hydrogen) atoms. The van der Waals surface area contributed by atoms with Gasteiger partial charge in [0.15, 0.2) is 11.5 Å². The molecule has 2 aromatic carbocycles. The van der Waals surface area contributed by atoms with E-state index in [1.54, 1.807) is 25.5 Å². The SMILES string of the molecule is CCCCCCCCCOc1ccc(/C=N\NC(=O)Cc2ccc(N)cc2)cc1OC. The van der Waals surface area contributed by atoms with Crippen LogP contribution in [0.2, 0.25) is 0 Å². The molecular formula is C25H35N3O3. The monoisotopic (exact) mass is 425 g/mol. The Bertz CT molecular complexity index is 819. The van der Waals surface area contributed by atoms with E-state index in [0.29, 0.717) is 18.0 Å². The summed E-state index contributed by atoms with van der Waals surface area (Å²) in [5, 5.41) is 4.03. The molecule has 2 aromatic rings. The third-order valence-electron chi connectivity index (χ3n) is 4.94. The summed E-state index contributed by atoms with van der Waals surface area (Å²) in [6, 6.07) is 12.8. The maximum Gasteiger partial charge on any atom is 0.244 e. The Balaban J connectivity index is 1.75. The first-order valence-corrected chi connectivity index (χ1v) is 11.1. The van der Waals surface area contributed by atoms with Crippen LogP contribution in [0.15, 0.2) is 47.6 Å². The van der Waals surface area contributed by atoms with Gasteiger partial charge in [0.2, 0.25) is 5.91 Å². The summed E-state index contributed by atoms with van der Waals surface area (Å²) in [7, 11) is 1.62. The number of hydrogen-bond acceptors (Lipinski definition) is 5. The third kappa shape index (κ3) is 9.55. The van der Waals surface area contributed by atoms with E-state index in [4.69, 9.17) is 15.2 Å². The van der Waals surface area contributed by atoms with Crippen molar-refractivity contribution >= 4 is 17.8 Å². The summed E-state index contributed by atoms with van der Waals surface area (Å²) in [5.74, 6) is 1.18. The Morgan fingerprint density at radius 3 is 2.42 bits per heavy atom. The number of benzene rings is 2. The predicted molar refractivity (Wildman–Crippen MR) is 127 cm³/mol. The molecule has 0 spiro atoms. The van der Waals surface area contributed by atoms with E-state index < -0.39 is 0 Å². The van der Waals surface area contributed by atoms with Gasteiger partial charge in [-0.15, -0.1) is 0 Å². The van der Waals surface area contributed by atoms with Gasteiger partial charge in [-0.2, -0.15) is 5.10 Å². The highest BCUT2D eigenvalue weighted by Crippen LogP contribution is 2.27. The van der Waals surface area contributed by atoms with E-state index in [-0.39, 0.29) is 12.3 Å². The Morgan fingerprint density at radius 1 is 1.00 bits per heavy atom. The molecule has 0 heterocycles. The second-order valence-corrected chi connectivity index (χ2v) is 7.59. The molecule has 6 heteroatoms. The number of unbranched alkanes of at least 4 members (excludes halogenated alkanes) is 6. The lowest BCUT2D eigenvalue weighted by Crippen LogP contribution is -2.19. The number of carbonyl (C=O) groups excluding carboxylic acids is 1.